The molecule has 0 bridgehead atoms. The number of likely N-dealkylation sites (N-methyl/N-ethyl adjacent to an activating group) is 1. The largest absolute Gasteiger partial charge is 0.477 e. The summed E-state index contributed by atoms with van der Waals surface area (Å²) in [6, 6.07) is 0. The molecule has 0 saturated heterocycles. The Bertz CT molecular complexity index is 1460. The van der Waals surface area contributed by atoms with Crippen molar-refractivity contribution in [1.82, 2.24) is 0 Å². The van der Waals surface area contributed by atoms with Crippen molar-refractivity contribution >= 4 is 17.9 Å². The molecule has 0 aliphatic rings. The average Bonchev–Trinajstić information content (AvgIpc) is 3.38. The number of esters is 2. The highest BCUT2D eigenvalue weighted by atomic mass is 16.7. The normalized spacial score (nSPS) is 13.2. The summed E-state index contributed by atoms with van der Waals surface area (Å²) in [7, 11) is 5.97. The van der Waals surface area contributed by atoms with Gasteiger partial charge in [0.1, 0.15) is 13.2 Å². The van der Waals surface area contributed by atoms with Crippen LogP contribution >= 0.6 is 0 Å². The fraction of sp³-hybridized carbons (Fsp3) is 0.773. The zero-order chi connectivity index (χ0) is 54.8. The lowest BCUT2D eigenvalue weighted by molar-refractivity contribution is -0.870. The van der Waals surface area contributed by atoms with Crippen LogP contribution in [0.3, 0.4) is 0 Å². The third-order valence-corrected chi connectivity index (χ3v) is 13.4. The molecule has 0 fully saturated rings. The first-order valence-electron chi connectivity index (χ1n) is 31.1. The maximum absolute atomic E-state index is 12.9. The molecule has 0 amide bonds. The molecule has 0 heterocycles. The average molecular weight is 1050 g/mol. The van der Waals surface area contributed by atoms with Gasteiger partial charge >= 0.3 is 17.9 Å². The first-order valence-corrected chi connectivity index (χ1v) is 31.1. The van der Waals surface area contributed by atoms with Crippen LogP contribution in [0.4, 0.5) is 0 Å². The number of carboxylic acid groups (broad SMARTS) is 1. The Morgan fingerprint density at radius 1 is 0.413 bits per heavy atom. The Labute approximate surface area is 462 Å². The Kier molecular flexibility index (Phi) is 54.4. The zero-order valence-corrected chi connectivity index (χ0v) is 49.4. The van der Waals surface area contributed by atoms with Gasteiger partial charge in [0.05, 0.1) is 34.4 Å². The van der Waals surface area contributed by atoms with Crippen molar-refractivity contribution in [2.24, 2.45) is 0 Å². The molecule has 1 N–H and O–H groups in total. The van der Waals surface area contributed by atoms with Gasteiger partial charge in [-0.1, -0.05) is 247 Å². The zero-order valence-electron chi connectivity index (χ0n) is 49.4. The number of quaternary nitrogens is 1. The molecule has 75 heavy (non-hydrogen) atoms. The minimum atomic E-state index is -1.51. The standard InChI is InChI=1S/C66H117NO8/c1-6-8-10-12-14-16-18-20-22-24-26-28-29-30-31-32-33-34-35-37-38-40-42-44-46-48-50-52-54-56-63(68)73-60-62(61-74-66(65(70)71)72-59-58-67(3,4)5)75-64(69)57-55-53-51-49-47-45-43-41-39-36-27-25-23-21-19-17-15-13-11-9-7-2/h9,11,15,17-18,20-21,23-24,26-27,36,62,66H,6-8,10,12-14,16,19,22,25,28-35,37-61H2,1-5H3/p+1/b11-9-,17-15-,20-18-,23-21-,26-24-,36-27-. The summed E-state index contributed by atoms with van der Waals surface area (Å²) in [6.45, 7) is 4.77. The maximum Gasteiger partial charge on any atom is 0.361 e. The molecule has 0 saturated carbocycles. The van der Waals surface area contributed by atoms with Gasteiger partial charge in [-0.3, -0.25) is 9.59 Å². The molecule has 0 aromatic carbocycles. The molecule has 9 heteroatoms. The molecule has 0 aromatic rings. The number of unbranched alkanes of at least 4 members (excludes halogenated alkanes) is 30. The van der Waals surface area contributed by atoms with E-state index in [-0.39, 0.29) is 32.2 Å². The second-order valence-corrected chi connectivity index (χ2v) is 22.0. The minimum absolute atomic E-state index is 0.184. The monoisotopic (exact) mass is 1050 g/mol. The third-order valence-electron chi connectivity index (χ3n) is 13.4. The molecule has 0 rings (SSSR count). The number of carbonyl (C=O) groups is 3. The number of hydrogen-bond donors (Lipinski definition) is 1. The Morgan fingerprint density at radius 2 is 0.760 bits per heavy atom. The van der Waals surface area contributed by atoms with Gasteiger partial charge in [-0.25, -0.2) is 4.79 Å². The van der Waals surface area contributed by atoms with Gasteiger partial charge in [0.15, 0.2) is 6.10 Å². The highest BCUT2D eigenvalue weighted by molar-refractivity contribution is 5.71. The number of ether oxygens (including phenoxy) is 4. The number of carbonyl (C=O) groups excluding carboxylic acids is 2. The smallest absolute Gasteiger partial charge is 0.361 e. The fourth-order valence-corrected chi connectivity index (χ4v) is 8.68. The van der Waals surface area contributed by atoms with Gasteiger partial charge in [0, 0.05) is 12.8 Å². The van der Waals surface area contributed by atoms with E-state index < -0.39 is 24.3 Å². The lowest BCUT2D eigenvalue weighted by Gasteiger charge is -2.25. The summed E-state index contributed by atoms with van der Waals surface area (Å²) in [5, 5.41) is 9.72. The van der Waals surface area contributed by atoms with Gasteiger partial charge in [-0.15, -0.1) is 0 Å². The molecule has 9 nitrogen and oxygen atoms in total. The van der Waals surface area contributed by atoms with E-state index in [9.17, 15) is 19.5 Å². The molecule has 434 valence electrons. The van der Waals surface area contributed by atoms with Gasteiger partial charge in [-0.2, -0.15) is 0 Å². The van der Waals surface area contributed by atoms with Crippen LogP contribution in [0.5, 0.6) is 0 Å². The van der Waals surface area contributed by atoms with Crippen molar-refractivity contribution in [1.29, 1.82) is 0 Å². The van der Waals surface area contributed by atoms with Crippen LogP contribution in [0.1, 0.15) is 271 Å². The molecule has 0 aromatic heterocycles. The lowest BCUT2D eigenvalue weighted by Crippen LogP contribution is -2.40. The van der Waals surface area contributed by atoms with E-state index in [0.29, 0.717) is 23.9 Å². The van der Waals surface area contributed by atoms with Crippen LogP contribution in [0, 0.1) is 0 Å². The topological polar surface area (TPSA) is 108 Å². The SMILES string of the molecule is CC/C=C\C/C=C\C/C=C\C/C=C\CCCCCCCCCCC(=O)OC(COC(=O)CCCCCCCCCCCCCCCCCCC/C=C\C/C=C\CCCCCCC)COC(OCC[N+](C)(C)C)C(=O)O. The molecule has 2 atom stereocenters. The van der Waals surface area contributed by atoms with E-state index in [1.54, 1.807) is 0 Å². The van der Waals surface area contributed by atoms with E-state index >= 15 is 0 Å². The van der Waals surface area contributed by atoms with E-state index in [1.165, 1.54) is 161 Å². The van der Waals surface area contributed by atoms with E-state index in [4.69, 9.17) is 18.9 Å². The van der Waals surface area contributed by atoms with Gasteiger partial charge in [0.2, 0.25) is 0 Å². The first-order chi connectivity index (χ1) is 36.6. The van der Waals surface area contributed by atoms with Gasteiger partial charge in [-0.05, 0) is 83.5 Å². The second kappa shape index (κ2) is 56.9. The fourth-order valence-electron chi connectivity index (χ4n) is 8.68. The summed E-state index contributed by atoms with van der Waals surface area (Å²) in [4.78, 5) is 37.5. The van der Waals surface area contributed by atoms with Gasteiger partial charge < -0.3 is 28.5 Å². The number of rotatable bonds is 57. The van der Waals surface area contributed by atoms with Crippen LogP contribution in [0.15, 0.2) is 72.9 Å². The van der Waals surface area contributed by atoms with E-state index in [1.807, 2.05) is 21.1 Å². The van der Waals surface area contributed by atoms with Crippen LogP contribution in [-0.4, -0.2) is 87.4 Å². The van der Waals surface area contributed by atoms with E-state index in [2.05, 4.69) is 86.8 Å². The molecule has 0 aliphatic carbocycles. The minimum Gasteiger partial charge on any atom is -0.477 e. The van der Waals surface area contributed by atoms with Crippen molar-refractivity contribution in [3.05, 3.63) is 72.9 Å². The Balaban J connectivity index is 4.17. The number of aliphatic carboxylic acids is 1. The first kappa shape index (κ1) is 71.7. The Morgan fingerprint density at radius 3 is 1.13 bits per heavy atom. The van der Waals surface area contributed by atoms with Crippen LogP contribution in [-0.2, 0) is 33.3 Å². The number of nitrogens with zero attached hydrogens (tertiary/aromatic N) is 1. The number of allylic oxidation sites excluding steroid dienone is 12. The molecular weight excluding hydrogens is 935 g/mol. The van der Waals surface area contributed by atoms with E-state index in [0.717, 1.165) is 77.0 Å². The van der Waals surface area contributed by atoms with Crippen molar-refractivity contribution in [3.63, 3.8) is 0 Å². The molecule has 2 unspecified atom stereocenters. The van der Waals surface area contributed by atoms with Gasteiger partial charge in [0.25, 0.3) is 6.29 Å². The number of hydrogen-bond acceptors (Lipinski definition) is 7. The predicted octanol–water partition coefficient (Wildman–Crippen LogP) is 18.6. The number of carboxylic acids is 1. The Hall–Kier alpha value is -3.27. The quantitative estimate of drug-likeness (QED) is 0.0211. The van der Waals surface area contributed by atoms with Crippen LogP contribution in [0.2, 0.25) is 0 Å². The van der Waals surface area contributed by atoms with Crippen LogP contribution < -0.4 is 0 Å². The summed E-state index contributed by atoms with van der Waals surface area (Å²) in [5.74, 6) is -2.01. The predicted molar refractivity (Wildman–Crippen MR) is 318 cm³/mol. The van der Waals surface area contributed by atoms with Crippen LogP contribution in [0.25, 0.3) is 0 Å². The van der Waals surface area contributed by atoms with Crippen molar-refractivity contribution in [2.75, 3.05) is 47.5 Å². The highest BCUT2D eigenvalue weighted by Crippen LogP contribution is 2.17. The maximum atomic E-state index is 12.9. The summed E-state index contributed by atoms with van der Waals surface area (Å²) < 4.78 is 22.9. The van der Waals surface area contributed by atoms with Crippen molar-refractivity contribution in [2.45, 2.75) is 283 Å². The molecule has 0 spiro atoms. The van der Waals surface area contributed by atoms with Crippen molar-refractivity contribution < 1.29 is 42.9 Å². The summed E-state index contributed by atoms with van der Waals surface area (Å²) in [5.41, 5.74) is 0. The molecule has 0 radical (unpaired) electrons. The van der Waals surface area contributed by atoms with Crippen molar-refractivity contribution in [3.8, 4) is 0 Å². The molecule has 0 aliphatic heterocycles. The highest BCUT2D eigenvalue weighted by Gasteiger charge is 2.25. The lowest BCUT2D eigenvalue weighted by atomic mass is 10.0. The second-order valence-electron chi connectivity index (χ2n) is 22.0. The molecular formula is C66H118NO8+. The third kappa shape index (κ3) is 58.3. The summed E-state index contributed by atoms with van der Waals surface area (Å²) >= 11 is 0. The summed E-state index contributed by atoms with van der Waals surface area (Å²) in [6.07, 6.45) is 71.3.